The third kappa shape index (κ3) is 2.88. The first-order valence-electron chi connectivity index (χ1n) is 8.57. The van der Waals surface area contributed by atoms with Gasteiger partial charge in [-0.15, -0.1) is 0 Å². The van der Waals surface area contributed by atoms with Crippen LogP contribution < -0.4 is 4.74 Å². The summed E-state index contributed by atoms with van der Waals surface area (Å²) in [4.78, 5) is 24.2. The lowest BCUT2D eigenvalue weighted by Gasteiger charge is -2.41. The topological polar surface area (TPSA) is 113 Å². The van der Waals surface area contributed by atoms with E-state index in [9.17, 15) is 24.9 Å². The Labute approximate surface area is 156 Å². The van der Waals surface area contributed by atoms with Crippen LogP contribution in [0.5, 0.6) is 17.2 Å². The highest BCUT2D eigenvalue weighted by molar-refractivity contribution is 6.11. The van der Waals surface area contributed by atoms with Crippen molar-refractivity contribution in [3.05, 3.63) is 29.3 Å². The number of aliphatic hydroxyl groups is 1. The minimum absolute atomic E-state index is 0.0725. The fraction of sp³-hybridized carbons (Fsp3) is 0.400. The van der Waals surface area contributed by atoms with Crippen molar-refractivity contribution in [3.63, 3.8) is 0 Å². The lowest BCUT2D eigenvalue weighted by Crippen LogP contribution is -2.46. The van der Waals surface area contributed by atoms with Crippen LogP contribution in [0.25, 0.3) is 10.8 Å². The fourth-order valence-corrected chi connectivity index (χ4v) is 4.15. The number of aromatic hydroxyl groups is 2. The maximum atomic E-state index is 12.7. The van der Waals surface area contributed by atoms with Gasteiger partial charge in [0.05, 0.1) is 29.6 Å². The maximum absolute atomic E-state index is 12.7. The summed E-state index contributed by atoms with van der Waals surface area (Å²) >= 11 is 0. The number of phenolic OH excluding ortho intramolecular Hbond substituents is 2. The van der Waals surface area contributed by atoms with E-state index >= 15 is 0 Å². The zero-order valence-electron chi connectivity index (χ0n) is 15.6. The summed E-state index contributed by atoms with van der Waals surface area (Å²) in [5, 5.41) is 33.2. The minimum atomic E-state index is -1.57. The van der Waals surface area contributed by atoms with Crippen LogP contribution in [0.15, 0.2) is 18.2 Å². The first-order chi connectivity index (χ1) is 12.6. The Morgan fingerprint density at radius 1 is 1.30 bits per heavy atom. The number of benzene rings is 2. The van der Waals surface area contributed by atoms with Gasteiger partial charge in [0, 0.05) is 24.3 Å². The van der Waals surface area contributed by atoms with Gasteiger partial charge in [-0.1, -0.05) is 12.1 Å². The quantitative estimate of drug-likeness (QED) is 0.559. The molecular weight excluding hydrogens is 352 g/mol. The molecule has 2 aromatic carbocycles. The predicted molar refractivity (Wildman–Crippen MR) is 97.4 cm³/mol. The van der Waals surface area contributed by atoms with E-state index in [1.165, 1.54) is 21.0 Å². The van der Waals surface area contributed by atoms with Crippen LogP contribution in [0.2, 0.25) is 0 Å². The number of ketones is 1. The molecule has 7 heteroatoms. The lowest BCUT2D eigenvalue weighted by molar-refractivity contribution is -0.150. The zero-order chi connectivity index (χ0) is 20.1. The molecule has 0 saturated heterocycles. The molecule has 0 radical (unpaired) electrons. The van der Waals surface area contributed by atoms with Crippen LogP contribution in [0.1, 0.15) is 49.0 Å². The van der Waals surface area contributed by atoms with E-state index in [1.807, 2.05) is 0 Å². The van der Waals surface area contributed by atoms with Gasteiger partial charge in [-0.2, -0.15) is 0 Å². The number of phenols is 2. The second kappa shape index (κ2) is 6.42. The molecule has 0 saturated carbocycles. The number of esters is 1. The molecule has 2 aromatic rings. The molecule has 0 aliphatic heterocycles. The molecule has 0 aromatic heterocycles. The first-order valence-corrected chi connectivity index (χ1v) is 8.57. The number of hydrogen-bond acceptors (Lipinski definition) is 7. The van der Waals surface area contributed by atoms with Crippen LogP contribution >= 0.6 is 0 Å². The van der Waals surface area contributed by atoms with Crippen molar-refractivity contribution in [2.75, 3.05) is 7.11 Å². The van der Waals surface area contributed by atoms with Crippen molar-refractivity contribution in [1.82, 2.24) is 0 Å². The summed E-state index contributed by atoms with van der Waals surface area (Å²) < 4.78 is 10.5. The lowest BCUT2D eigenvalue weighted by atomic mass is 9.68. The molecule has 1 aliphatic carbocycles. The normalized spacial score (nSPS) is 23.0. The largest absolute Gasteiger partial charge is 0.507 e. The second-order valence-electron chi connectivity index (χ2n) is 7.12. The average molecular weight is 374 g/mol. The van der Waals surface area contributed by atoms with Gasteiger partial charge in [-0.05, 0) is 19.9 Å². The Bertz CT molecular complexity index is 945. The van der Waals surface area contributed by atoms with Crippen LogP contribution in [-0.2, 0) is 9.53 Å². The molecule has 3 rings (SSSR count). The van der Waals surface area contributed by atoms with Crippen LogP contribution in [0, 0.1) is 0 Å². The Kier molecular flexibility index (Phi) is 4.51. The molecule has 3 atom stereocenters. The molecule has 3 N–H and O–H groups in total. The van der Waals surface area contributed by atoms with Gasteiger partial charge in [0.2, 0.25) is 0 Å². The van der Waals surface area contributed by atoms with E-state index in [2.05, 4.69) is 0 Å². The summed E-state index contributed by atoms with van der Waals surface area (Å²) in [6.07, 6.45) is -1.12. The molecule has 0 amide bonds. The van der Waals surface area contributed by atoms with Gasteiger partial charge in [0.15, 0.2) is 5.78 Å². The second-order valence-corrected chi connectivity index (χ2v) is 7.12. The number of methoxy groups -OCH3 is 1. The smallest absolute Gasteiger partial charge is 0.302 e. The van der Waals surface area contributed by atoms with Gasteiger partial charge in [0.1, 0.15) is 23.4 Å². The number of carbonyl (C=O) groups excluding carboxylic acids is 2. The van der Waals surface area contributed by atoms with Crippen molar-refractivity contribution in [2.45, 2.75) is 44.8 Å². The van der Waals surface area contributed by atoms with E-state index in [-0.39, 0.29) is 39.8 Å². The van der Waals surface area contributed by atoms with Crippen LogP contribution in [0.3, 0.4) is 0 Å². The Hall–Kier alpha value is -2.80. The molecule has 144 valence electrons. The van der Waals surface area contributed by atoms with E-state index in [0.717, 1.165) is 0 Å². The minimum Gasteiger partial charge on any atom is -0.507 e. The summed E-state index contributed by atoms with van der Waals surface area (Å²) in [6.45, 7) is 4.26. The highest BCUT2D eigenvalue weighted by Crippen LogP contribution is 2.53. The SMILES string of the molecule is COc1cccc2c(O)c3c(c(O)c12)C(=O)C[C@@](C)(O)[C@H]3[C@H](C)OC(C)=O. The van der Waals surface area contributed by atoms with Crippen molar-refractivity contribution in [2.24, 2.45) is 0 Å². The van der Waals surface area contributed by atoms with Crippen molar-refractivity contribution in [3.8, 4) is 17.2 Å². The summed E-state index contributed by atoms with van der Waals surface area (Å²) in [5.74, 6) is -2.25. The maximum Gasteiger partial charge on any atom is 0.302 e. The summed E-state index contributed by atoms with van der Waals surface area (Å²) in [5.41, 5.74) is -1.58. The molecule has 0 heterocycles. The van der Waals surface area contributed by atoms with E-state index in [4.69, 9.17) is 9.47 Å². The Morgan fingerprint density at radius 2 is 1.96 bits per heavy atom. The highest BCUT2D eigenvalue weighted by atomic mass is 16.5. The molecule has 1 aliphatic rings. The van der Waals surface area contributed by atoms with Crippen molar-refractivity contribution < 1.29 is 34.4 Å². The van der Waals surface area contributed by atoms with Gasteiger partial charge in [-0.25, -0.2) is 0 Å². The third-order valence-corrected chi connectivity index (χ3v) is 5.10. The zero-order valence-corrected chi connectivity index (χ0v) is 15.6. The average Bonchev–Trinajstić information content (AvgIpc) is 2.56. The number of fused-ring (bicyclic) bond motifs is 2. The van der Waals surface area contributed by atoms with E-state index in [0.29, 0.717) is 5.75 Å². The Balaban J connectivity index is 2.40. The number of Topliss-reactive ketones (excluding diaryl/α,β-unsaturated/α-hetero) is 1. The third-order valence-electron chi connectivity index (χ3n) is 5.10. The van der Waals surface area contributed by atoms with Gasteiger partial charge < -0.3 is 24.8 Å². The summed E-state index contributed by atoms with van der Waals surface area (Å²) in [7, 11) is 1.42. The van der Waals surface area contributed by atoms with E-state index < -0.39 is 29.4 Å². The molecule has 0 fully saturated rings. The van der Waals surface area contributed by atoms with Crippen LogP contribution in [0.4, 0.5) is 0 Å². The first kappa shape index (κ1) is 19.0. The van der Waals surface area contributed by atoms with Gasteiger partial charge in [-0.3, -0.25) is 9.59 Å². The molecule has 0 unspecified atom stereocenters. The molecule has 7 nitrogen and oxygen atoms in total. The van der Waals surface area contributed by atoms with E-state index in [1.54, 1.807) is 25.1 Å². The number of rotatable bonds is 3. The monoisotopic (exact) mass is 374 g/mol. The van der Waals surface area contributed by atoms with Gasteiger partial charge >= 0.3 is 5.97 Å². The molecule has 27 heavy (non-hydrogen) atoms. The van der Waals surface area contributed by atoms with Crippen molar-refractivity contribution >= 4 is 22.5 Å². The molecular formula is C20H22O7. The fourth-order valence-electron chi connectivity index (χ4n) is 4.15. The van der Waals surface area contributed by atoms with Gasteiger partial charge in [0.25, 0.3) is 0 Å². The summed E-state index contributed by atoms with van der Waals surface area (Å²) in [6, 6.07) is 4.82. The number of ether oxygens (including phenoxy) is 2. The molecule has 0 spiro atoms. The number of carbonyl (C=O) groups is 2. The Morgan fingerprint density at radius 3 is 2.56 bits per heavy atom. The highest BCUT2D eigenvalue weighted by Gasteiger charge is 2.49. The number of hydrogen-bond donors (Lipinski definition) is 3. The predicted octanol–water partition coefficient (Wildman–Crippen LogP) is 2.63. The standard InChI is InChI=1S/C20H22O7/c1-9(27-10(2)21)17-16-15(12(22)8-20(17,3)25)19(24)14-11(18(16)23)6-5-7-13(14)26-4/h5-7,9,17,23-25H,8H2,1-4H3/t9-,17-,20+/m0/s1. The van der Waals surface area contributed by atoms with Crippen LogP contribution in [-0.4, -0.2) is 45.9 Å². The molecule has 0 bridgehead atoms. The van der Waals surface area contributed by atoms with Crippen molar-refractivity contribution in [1.29, 1.82) is 0 Å².